The molecule has 0 aliphatic carbocycles. The van der Waals surface area contributed by atoms with E-state index in [-0.39, 0.29) is 0 Å². The molecule has 0 spiro atoms. The van der Waals surface area contributed by atoms with Gasteiger partial charge in [-0.25, -0.2) is 9.97 Å². The van der Waals surface area contributed by atoms with E-state index in [0.717, 1.165) is 74.0 Å². The summed E-state index contributed by atoms with van der Waals surface area (Å²) >= 11 is 0. The molecule has 7 heteroatoms. The summed E-state index contributed by atoms with van der Waals surface area (Å²) in [5, 5.41) is 4.78. The summed E-state index contributed by atoms with van der Waals surface area (Å²) in [6.07, 6.45) is 10.5. The Balaban J connectivity index is 1.24. The monoisotopic (exact) mass is 466 g/mol. The summed E-state index contributed by atoms with van der Waals surface area (Å²) in [6.45, 7) is 6.88. The molecule has 1 aromatic carbocycles. The Morgan fingerprint density at radius 3 is 2.69 bits per heavy atom. The summed E-state index contributed by atoms with van der Waals surface area (Å²) in [5.74, 6) is 0.825. The van der Waals surface area contributed by atoms with E-state index >= 15 is 0 Å². The molecule has 4 aromatic rings. The van der Waals surface area contributed by atoms with Crippen LogP contribution in [0.2, 0.25) is 0 Å². The normalized spacial score (nSPS) is 16.5. The Bertz CT molecular complexity index is 1310. The molecule has 1 saturated heterocycles. The standard InChI is InChI=1S/C28H30N6O/c1-2-34-17-25(28(32-34)23-4-3-10-29-16-23)26-7-11-30-27(31-26)15-20-5-6-21-8-12-33(24-18-35-19-24)13-9-22(21)14-20/h3-7,10-11,14,16-17,24H,2,8-9,12-13,15,18-19H2,1H3. The molecule has 0 amide bonds. The quantitative estimate of drug-likeness (QED) is 0.430. The van der Waals surface area contributed by atoms with Crippen molar-refractivity contribution in [2.45, 2.75) is 38.8 Å². The summed E-state index contributed by atoms with van der Waals surface area (Å²) in [4.78, 5) is 16.4. The second-order valence-electron chi connectivity index (χ2n) is 9.35. The lowest BCUT2D eigenvalue weighted by Gasteiger charge is -2.36. The van der Waals surface area contributed by atoms with Crippen molar-refractivity contribution in [1.29, 1.82) is 0 Å². The fourth-order valence-electron chi connectivity index (χ4n) is 5.01. The third kappa shape index (κ3) is 4.61. The van der Waals surface area contributed by atoms with Crippen LogP contribution >= 0.6 is 0 Å². The Kier molecular flexibility index (Phi) is 6.10. The maximum Gasteiger partial charge on any atom is 0.133 e. The molecule has 0 N–H and O–H groups in total. The van der Waals surface area contributed by atoms with Crippen LogP contribution in [0.4, 0.5) is 0 Å². The minimum absolute atomic E-state index is 0.605. The van der Waals surface area contributed by atoms with Crippen LogP contribution in [0.5, 0.6) is 0 Å². The van der Waals surface area contributed by atoms with Gasteiger partial charge in [0.15, 0.2) is 0 Å². The maximum atomic E-state index is 5.41. The number of rotatable bonds is 6. The number of ether oxygens (including phenoxy) is 1. The van der Waals surface area contributed by atoms with Crippen molar-refractivity contribution in [3.8, 4) is 22.5 Å². The number of benzene rings is 1. The molecule has 0 radical (unpaired) electrons. The molecule has 5 heterocycles. The van der Waals surface area contributed by atoms with E-state index < -0.39 is 0 Å². The van der Waals surface area contributed by atoms with E-state index in [1.165, 1.54) is 16.7 Å². The van der Waals surface area contributed by atoms with Gasteiger partial charge in [0, 0.05) is 62.0 Å². The van der Waals surface area contributed by atoms with Gasteiger partial charge in [0.1, 0.15) is 11.5 Å². The van der Waals surface area contributed by atoms with Crippen molar-refractivity contribution in [3.05, 3.63) is 83.7 Å². The first kappa shape index (κ1) is 22.1. The molecular weight excluding hydrogens is 436 g/mol. The van der Waals surface area contributed by atoms with Gasteiger partial charge in [-0.05, 0) is 54.7 Å². The Morgan fingerprint density at radius 1 is 1.03 bits per heavy atom. The third-order valence-electron chi connectivity index (χ3n) is 7.11. The molecule has 1 fully saturated rings. The molecular formula is C28H30N6O. The van der Waals surface area contributed by atoms with E-state index in [1.54, 1.807) is 6.20 Å². The van der Waals surface area contributed by atoms with Crippen molar-refractivity contribution < 1.29 is 4.74 Å². The number of hydrogen-bond acceptors (Lipinski definition) is 6. The van der Waals surface area contributed by atoms with Gasteiger partial charge in [-0.15, -0.1) is 0 Å². The average Bonchev–Trinajstić information content (AvgIpc) is 3.20. The van der Waals surface area contributed by atoms with Crippen LogP contribution in [0.1, 0.15) is 29.4 Å². The van der Waals surface area contributed by atoms with Crippen molar-refractivity contribution in [2.24, 2.45) is 0 Å². The van der Waals surface area contributed by atoms with Crippen LogP contribution in [0.3, 0.4) is 0 Å². The van der Waals surface area contributed by atoms with Gasteiger partial charge in [0.2, 0.25) is 0 Å². The molecule has 2 aliphatic rings. The van der Waals surface area contributed by atoms with Gasteiger partial charge in [-0.1, -0.05) is 18.2 Å². The van der Waals surface area contributed by atoms with Crippen molar-refractivity contribution in [1.82, 2.24) is 29.6 Å². The SMILES string of the molecule is CCn1cc(-c2ccnc(Cc3ccc4c(c3)CCN(C3COC3)CC4)n2)c(-c2cccnc2)n1. The molecule has 6 rings (SSSR count). The van der Waals surface area contributed by atoms with Gasteiger partial charge < -0.3 is 4.74 Å². The van der Waals surface area contributed by atoms with Crippen molar-refractivity contribution in [3.63, 3.8) is 0 Å². The highest BCUT2D eigenvalue weighted by Crippen LogP contribution is 2.30. The lowest BCUT2D eigenvalue weighted by atomic mass is 9.98. The first-order valence-electron chi connectivity index (χ1n) is 12.5. The van der Waals surface area contributed by atoms with E-state index in [2.05, 4.69) is 46.2 Å². The van der Waals surface area contributed by atoms with E-state index in [9.17, 15) is 0 Å². The number of nitrogens with zero attached hydrogens (tertiary/aromatic N) is 6. The van der Waals surface area contributed by atoms with Gasteiger partial charge in [0.25, 0.3) is 0 Å². The van der Waals surface area contributed by atoms with E-state index in [0.29, 0.717) is 12.5 Å². The predicted octanol–water partition coefficient (Wildman–Crippen LogP) is 3.81. The van der Waals surface area contributed by atoms with Crippen LogP contribution in [-0.2, 0) is 30.5 Å². The fraction of sp³-hybridized carbons (Fsp3) is 0.357. The smallest absolute Gasteiger partial charge is 0.133 e. The van der Waals surface area contributed by atoms with Crippen LogP contribution in [0.25, 0.3) is 22.5 Å². The van der Waals surface area contributed by atoms with Gasteiger partial charge in [0.05, 0.1) is 24.9 Å². The second kappa shape index (κ2) is 9.68. The van der Waals surface area contributed by atoms with Gasteiger partial charge in [-0.3, -0.25) is 14.6 Å². The van der Waals surface area contributed by atoms with Gasteiger partial charge in [-0.2, -0.15) is 5.10 Å². The summed E-state index contributed by atoms with van der Waals surface area (Å²) in [5.41, 5.74) is 7.98. The average molecular weight is 467 g/mol. The van der Waals surface area contributed by atoms with E-state index in [1.807, 2.05) is 35.3 Å². The van der Waals surface area contributed by atoms with Crippen LogP contribution in [-0.4, -0.2) is 62.0 Å². The zero-order valence-corrected chi connectivity index (χ0v) is 20.1. The molecule has 35 heavy (non-hydrogen) atoms. The summed E-state index contributed by atoms with van der Waals surface area (Å²) in [7, 11) is 0. The van der Waals surface area contributed by atoms with E-state index in [4.69, 9.17) is 14.8 Å². The Morgan fingerprint density at radius 2 is 1.91 bits per heavy atom. The Hall–Kier alpha value is -3.42. The van der Waals surface area contributed by atoms with Crippen LogP contribution < -0.4 is 0 Å². The minimum atomic E-state index is 0.605. The number of aryl methyl sites for hydroxylation is 1. The highest BCUT2D eigenvalue weighted by molar-refractivity contribution is 5.78. The topological polar surface area (TPSA) is 69.0 Å². The highest BCUT2D eigenvalue weighted by atomic mass is 16.5. The maximum absolute atomic E-state index is 5.41. The van der Waals surface area contributed by atoms with Gasteiger partial charge >= 0.3 is 0 Å². The minimum Gasteiger partial charge on any atom is -0.378 e. The number of pyridine rings is 1. The number of hydrogen-bond donors (Lipinski definition) is 0. The lowest BCUT2D eigenvalue weighted by Crippen LogP contribution is -2.49. The Labute approximate surface area is 205 Å². The van der Waals surface area contributed by atoms with Crippen molar-refractivity contribution in [2.75, 3.05) is 26.3 Å². The molecule has 3 aromatic heterocycles. The molecule has 0 atom stereocenters. The third-order valence-corrected chi connectivity index (χ3v) is 7.11. The fourth-order valence-corrected chi connectivity index (χ4v) is 5.01. The van der Waals surface area contributed by atoms with Crippen molar-refractivity contribution >= 4 is 0 Å². The first-order chi connectivity index (χ1) is 17.3. The molecule has 0 unspecified atom stereocenters. The number of aromatic nitrogens is 5. The summed E-state index contributed by atoms with van der Waals surface area (Å²) < 4.78 is 7.36. The zero-order chi connectivity index (χ0) is 23.6. The molecule has 0 bridgehead atoms. The molecule has 178 valence electrons. The van der Waals surface area contributed by atoms with Crippen LogP contribution in [0.15, 0.2) is 61.2 Å². The number of fused-ring (bicyclic) bond motifs is 1. The highest BCUT2D eigenvalue weighted by Gasteiger charge is 2.27. The van der Waals surface area contributed by atoms with Crippen LogP contribution in [0, 0.1) is 0 Å². The first-order valence-corrected chi connectivity index (χ1v) is 12.5. The lowest BCUT2D eigenvalue weighted by molar-refractivity contribution is -0.0634. The second-order valence-corrected chi connectivity index (χ2v) is 9.35. The zero-order valence-electron chi connectivity index (χ0n) is 20.1. The molecule has 7 nitrogen and oxygen atoms in total. The summed E-state index contributed by atoms with van der Waals surface area (Å²) in [6, 6.07) is 13.5. The molecule has 0 saturated carbocycles. The largest absolute Gasteiger partial charge is 0.378 e. The molecule has 2 aliphatic heterocycles. The predicted molar refractivity (Wildman–Crippen MR) is 135 cm³/mol.